The van der Waals surface area contributed by atoms with Gasteiger partial charge in [0.25, 0.3) is 0 Å². The van der Waals surface area contributed by atoms with Gasteiger partial charge in [0.2, 0.25) is 0 Å². The third-order valence-corrected chi connectivity index (χ3v) is 4.39. The first-order valence-corrected chi connectivity index (χ1v) is 6.86. The number of rotatable bonds is 4. The molecule has 0 radical (unpaired) electrons. The molecule has 0 aliphatic carbocycles. The van der Waals surface area contributed by atoms with Crippen molar-refractivity contribution in [2.45, 2.75) is 26.8 Å². The maximum atomic E-state index is 4.52. The number of aromatic nitrogens is 1. The SMILES string of the molecule is CNCc1cnc(N2CCC(C(C)C)C2)s1. The summed E-state index contributed by atoms with van der Waals surface area (Å²) in [6.45, 7) is 7.93. The summed E-state index contributed by atoms with van der Waals surface area (Å²) in [5.74, 6) is 1.64. The van der Waals surface area contributed by atoms with E-state index < -0.39 is 0 Å². The van der Waals surface area contributed by atoms with E-state index in [1.807, 2.05) is 24.6 Å². The summed E-state index contributed by atoms with van der Waals surface area (Å²) < 4.78 is 0. The average Bonchev–Trinajstić information content (AvgIpc) is 2.84. The molecule has 3 nitrogen and oxygen atoms in total. The fourth-order valence-electron chi connectivity index (χ4n) is 2.20. The predicted molar refractivity (Wildman–Crippen MR) is 70.0 cm³/mol. The molecular formula is C12H21N3S. The lowest BCUT2D eigenvalue weighted by atomic mass is 9.95. The minimum atomic E-state index is 0.793. The van der Waals surface area contributed by atoms with Crippen LogP contribution in [-0.4, -0.2) is 25.1 Å². The lowest BCUT2D eigenvalue weighted by molar-refractivity contribution is 0.423. The summed E-state index contributed by atoms with van der Waals surface area (Å²) in [6.07, 6.45) is 3.32. The second-order valence-electron chi connectivity index (χ2n) is 4.88. The lowest BCUT2D eigenvalue weighted by Gasteiger charge is -2.16. The summed E-state index contributed by atoms with van der Waals surface area (Å²) in [4.78, 5) is 8.28. The van der Waals surface area contributed by atoms with Crippen molar-refractivity contribution in [1.82, 2.24) is 10.3 Å². The molecule has 1 saturated heterocycles. The Morgan fingerprint density at radius 3 is 3.06 bits per heavy atom. The summed E-state index contributed by atoms with van der Waals surface area (Å²) in [6, 6.07) is 0. The zero-order valence-electron chi connectivity index (χ0n) is 10.4. The van der Waals surface area contributed by atoms with Gasteiger partial charge >= 0.3 is 0 Å². The van der Waals surface area contributed by atoms with Gasteiger partial charge in [-0.1, -0.05) is 13.8 Å². The third kappa shape index (κ3) is 2.55. The minimum absolute atomic E-state index is 0.793. The first-order valence-electron chi connectivity index (χ1n) is 6.05. The molecule has 16 heavy (non-hydrogen) atoms. The van der Waals surface area contributed by atoms with Crippen LogP contribution in [0.4, 0.5) is 5.13 Å². The van der Waals surface area contributed by atoms with Crippen LogP contribution in [0.5, 0.6) is 0 Å². The second-order valence-corrected chi connectivity index (χ2v) is 5.97. The number of nitrogens with one attached hydrogen (secondary N) is 1. The Hall–Kier alpha value is -0.610. The Bertz CT molecular complexity index is 335. The topological polar surface area (TPSA) is 28.2 Å². The molecule has 1 aromatic rings. The summed E-state index contributed by atoms with van der Waals surface area (Å²) in [5, 5.41) is 4.37. The molecule has 1 N–H and O–H groups in total. The fraction of sp³-hybridized carbons (Fsp3) is 0.750. The van der Waals surface area contributed by atoms with Crippen LogP contribution in [-0.2, 0) is 6.54 Å². The zero-order valence-corrected chi connectivity index (χ0v) is 11.2. The molecule has 2 heterocycles. The largest absolute Gasteiger partial charge is 0.348 e. The molecule has 0 bridgehead atoms. The van der Waals surface area contributed by atoms with Crippen molar-refractivity contribution >= 4 is 16.5 Å². The number of thiazole rings is 1. The predicted octanol–water partition coefficient (Wildman–Crippen LogP) is 2.34. The van der Waals surface area contributed by atoms with Crippen LogP contribution >= 0.6 is 11.3 Å². The highest BCUT2D eigenvalue weighted by atomic mass is 32.1. The van der Waals surface area contributed by atoms with Crippen LogP contribution in [0.25, 0.3) is 0 Å². The van der Waals surface area contributed by atoms with Crippen LogP contribution in [0.3, 0.4) is 0 Å². The Morgan fingerprint density at radius 2 is 2.44 bits per heavy atom. The van der Waals surface area contributed by atoms with Gasteiger partial charge in [0.1, 0.15) is 0 Å². The van der Waals surface area contributed by atoms with Crippen LogP contribution < -0.4 is 10.2 Å². The fourth-order valence-corrected chi connectivity index (χ4v) is 3.16. The van der Waals surface area contributed by atoms with Gasteiger partial charge in [-0.2, -0.15) is 0 Å². The maximum absolute atomic E-state index is 4.52. The molecule has 1 aromatic heterocycles. The van der Waals surface area contributed by atoms with Gasteiger partial charge in [0.05, 0.1) is 0 Å². The Kier molecular flexibility index (Phi) is 3.82. The van der Waals surface area contributed by atoms with E-state index in [0.29, 0.717) is 0 Å². The number of hydrogen-bond acceptors (Lipinski definition) is 4. The van der Waals surface area contributed by atoms with Gasteiger partial charge in [-0.05, 0) is 25.3 Å². The molecule has 1 aliphatic heterocycles. The minimum Gasteiger partial charge on any atom is -0.348 e. The molecule has 2 rings (SSSR count). The van der Waals surface area contributed by atoms with Crippen molar-refractivity contribution in [2.24, 2.45) is 11.8 Å². The summed E-state index contributed by atoms with van der Waals surface area (Å²) in [5.41, 5.74) is 0. The summed E-state index contributed by atoms with van der Waals surface area (Å²) >= 11 is 1.82. The molecule has 1 atom stereocenters. The molecule has 0 amide bonds. The van der Waals surface area contributed by atoms with E-state index in [-0.39, 0.29) is 0 Å². The van der Waals surface area contributed by atoms with Gasteiger partial charge in [0, 0.05) is 30.7 Å². The Morgan fingerprint density at radius 1 is 1.62 bits per heavy atom. The zero-order chi connectivity index (χ0) is 11.5. The van der Waals surface area contributed by atoms with Gasteiger partial charge in [-0.25, -0.2) is 4.98 Å². The first kappa shape index (κ1) is 11.9. The van der Waals surface area contributed by atoms with Crippen LogP contribution in [0.1, 0.15) is 25.1 Å². The highest BCUT2D eigenvalue weighted by molar-refractivity contribution is 7.15. The second kappa shape index (κ2) is 5.15. The molecule has 1 fully saturated rings. The molecule has 4 heteroatoms. The smallest absolute Gasteiger partial charge is 0.185 e. The van der Waals surface area contributed by atoms with Crippen molar-refractivity contribution in [1.29, 1.82) is 0 Å². The number of anilines is 1. The average molecular weight is 239 g/mol. The standard InChI is InChI=1S/C12H21N3S/c1-9(2)10-4-5-15(8-10)12-14-7-11(16-12)6-13-3/h7,9-10,13H,4-6,8H2,1-3H3. The maximum Gasteiger partial charge on any atom is 0.185 e. The Balaban J connectivity index is 1.97. The van der Waals surface area contributed by atoms with Crippen molar-refractivity contribution in [3.05, 3.63) is 11.1 Å². The summed E-state index contributed by atoms with van der Waals surface area (Å²) in [7, 11) is 1.98. The van der Waals surface area contributed by atoms with Crippen molar-refractivity contribution in [3.63, 3.8) is 0 Å². The van der Waals surface area contributed by atoms with E-state index >= 15 is 0 Å². The third-order valence-electron chi connectivity index (χ3n) is 3.33. The van der Waals surface area contributed by atoms with E-state index in [0.717, 1.165) is 18.4 Å². The van der Waals surface area contributed by atoms with Crippen molar-refractivity contribution in [2.75, 3.05) is 25.0 Å². The lowest BCUT2D eigenvalue weighted by Crippen LogP contribution is -2.20. The van der Waals surface area contributed by atoms with E-state index in [1.54, 1.807) is 0 Å². The van der Waals surface area contributed by atoms with E-state index in [9.17, 15) is 0 Å². The van der Waals surface area contributed by atoms with Gasteiger partial charge in [-0.3, -0.25) is 0 Å². The van der Waals surface area contributed by atoms with E-state index in [2.05, 4.69) is 29.0 Å². The molecule has 1 unspecified atom stereocenters. The molecule has 1 aliphatic rings. The van der Waals surface area contributed by atoms with Gasteiger partial charge < -0.3 is 10.2 Å². The Labute approximate surface area is 102 Å². The van der Waals surface area contributed by atoms with Gasteiger partial charge in [0.15, 0.2) is 5.13 Å². The van der Waals surface area contributed by atoms with Crippen LogP contribution in [0, 0.1) is 11.8 Å². The highest BCUT2D eigenvalue weighted by Gasteiger charge is 2.26. The van der Waals surface area contributed by atoms with Crippen LogP contribution in [0.15, 0.2) is 6.20 Å². The number of hydrogen-bond donors (Lipinski definition) is 1. The molecule has 0 spiro atoms. The van der Waals surface area contributed by atoms with E-state index in [4.69, 9.17) is 0 Å². The first-order chi connectivity index (χ1) is 7.70. The molecular weight excluding hydrogens is 218 g/mol. The number of nitrogens with zero attached hydrogens (tertiary/aromatic N) is 2. The van der Waals surface area contributed by atoms with Crippen molar-refractivity contribution < 1.29 is 0 Å². The molecule has 90 valence electrons. The molecule has 0 aromatic carbocycles. The monoisotopic (exact) mass is 239 g/mol. The van der Waals surface area contributed by atoms with Gasteiger partial charge in [-0.15, -0.1) is 11.3 Å². The quantitative estimate of drug-likeness (QED) is 0.874. The van der Waals surface area contributed by atoms with Crippen LogP contribution in [0.2, 0.25) is 0 Å². The van der Waals surface area contributed by atoms with E-state index in [1.165, 1.54) is 29.5 Å². The highest BCUT2D eigenvalue weighted by Crippen LogP contribution is 2.30. The normalized spacial score (nSPS) is 21.0. The van der Waals surface area contributed by atoms with Crippen molar-refractivity contribution in [3.8, 4) is 0 Å². The molecule has 0 saturated carbocycles.